The maximum Gasteiger partial charge on any atom is 0.248 e. The first-order valence-corrected chi connectivity index (χ1v) is 8.74. The number of rotatable bonds is 5. The van der Waals surface area contributed by atoms with Crippen LogP contribution in [0.3, 0.4) is 0 Å². The number of carbonyl (C=O) groups excluding carboxylic acids is 2. The lowest BCUT2D eigenvalue weighted by atomic mass is 10.1. The summed E-state index contributed by atoms with van der Waals surface area (Å²) < 4.78 is 0. The topological polar surface area (TPSA) is 78.1 Å². The van der Waals surface area contributed by atoms with Crippen LogP contribution in [0.1, 0.15) is 43.9 Å². The molecule has 2 heterocycles. The van der Waals surface area contributed by atoms with E-state index in [0.717, 1.165) is 17.7 Å². The third-order valence-corrected chi connectivity index (χ3v) is 4.54. The Kier molecular flexibility index (Phi) is 5.16. The minimum atomic E-state index is -0.421. The molecule has 1 aliphatic rings. The van der Waals surface area contributed by atoms with Crippen molar-refractivity contribution in [2.45, 2.75) is 45.1 Å². The Morgan fingerprint density at radius 2 is 2.08 bits per heavy atom. The molecule has 1 aromatic carbocycles. The number of nitrogens with zero attached hydrogens (tertiary/aromatic N) is 2. The summed E-state index contributed by atoms with van der Waals surface area (Å²) in [7, 11) is 0. The van der Waals surface area contributed by atoms with Gasteiger partial charge >= 0.3 is 0 Å². The fourth-order valence-electron chi connectivity index (χ4n) is 3.12. The second-order valence-electron chi connectivity index (χ2n) is 6.76. The van der Waals surface area contributed by atoms with Crippen molar-refractivity contribution in [2.24, 2.45) is 0 Å². The number of hydrogen-bond donors (Lipinski definition) is 2. The summed E-state index contributed by atoms with van der Waals surface area (Å²) in [6, 6.07) is 11.0. The largest absolute Gasteiger partial charge is 0.330 e. The van der Waals surface area contributed by atoms with Gasteiger partial charge in [-0.15, -0.1) is 0 Å². The first-order chi connectivity index (χ1) is 12.0. The molecule has 0 radical (unpaired) electrons. The van der Waals surface area contributed by atoms with Crippen molar-refractivity contribution in [1.82, 2.24) is 15.1 Å². The highest BCUT2D eigenvalue weighted by Crippen LogP contribution is 2.21. The zero-order valence-corrected chi connectivity index (χ0v) is 14.7. The average molecular weight is 340 g/mol. The van der Waals surface area contributed by atoms with E-state index in [9.17, 15) is 9.59 Å². The van der Waals surface area contributed by atoms with Gasteiger partial charge in [0, 0.05) is 18.3 Å². The number of benzene rings is 1. The van der Waals surface area contributed by atoms with Gasteiger partial charge in [-0.3, -0.25) is 14.7 Å². The lowest BCUT2D eigenvalue weighted by molar-refractivity contribution is -0.136. The van der Waals surface area contributed by atoms with E-state index in [4.69, 9.17) is 0 Å². The molecule has 6 heteroatoms. The van der Waals surface area contributed by atoms with E-state index in [0.29, 0.717) is 31.1 Å². The normalized spacial score (nSPS) is 17.1. The van der Waals surface area contributed by atoms with Gasteiger partial charge in [-0.05, 0) is 24.3 Å². The molecular formula is C19H24N4O2. The molecule has 1 aliphatic heterocycles. The van der Waals surface area contributed by atoms with Crippen molar-refractivity contribution in [1.29, 1.82) is 0 Å². The van der Waals surface area contributed by atoms with Crippen LogP contribution in [0, 0.1) is 0 Å². The summed E-state index contributed by atoms with van der Waals surface area (Å²) in [6.45, 7) is 4.74. The average Bonchev–Trinajstić information content (AvgIpc) is 3.25. The van der Waals surface area contributed by atoms with Crippen LogP contribution in [-0.2, 0) is 16.0 Å². The Morgan fingerprint density at radius 3 is 2.76 bits per heavy atom. The Labute approximate surface area is 147 Å². The summed E-state index contributed by atoms with van der Waals surface area (Å²) >= 11 is 0. The maximum atomic E-state index is 12.6. The fourth-order valence-corrected chi connectivity index (χ4v) is 3.12. The van der Waals surface area contributed by atoms with Gasteiger partial charge in [-0.25, -0.2) is 0 Å². The number of anilines is 1. The Morgan fingerprint density at radius 1 is 1.32 bits per heavy atom. The summed E-state index contributed by atoms with van der Waals surface area (Å²) in [6.07, 6.45) is 1.86. The van der Waals surface area contributed by atoms with Crippen LogP contribution >= 0.6 is 0 Å². The molecule has 0 aliphatic carbocycles. The number of carbonyl (C=O) groups is 2. The predicted molar refractivity (Wildman–Crippen MR) is 96.2 cm³/mol. The molecule has 1 saturated heterocycles. The number of aromatic amines is 1. The molecule has 2 N–H and O–H groups in total. The molecule has 1 fully saturated rings. The van der Waals surface area contributed by atoms with E-state index in [1.165, 1.54) is 0 Å². The van der Waals surface area contributed by atoms with Gasteiger partial charge in [0.1, 0.15) is 6.04 Å². The minimum absolute atomic E-state index is 0.00579. The van der Waals surface area contributed by atoms with Gasteiger partial charge < -0.3 is 10.2 Å². The van der Waals surface area contributed by atoms with Crippen molar-refractivity contribution < 1.29 is 9.59 Å². The fraction of sp³-hybridized carbons (Fsp3) is 0.421. The van der Waals surface area contributed by atoms with Gasteiger partial charge in [0.25, 0.3) is 0 Å². The van der Waals surface area contributed by atoms with Gasteiger partial charge in [0.2, 0.25) is 11.8 Å². The summed E-state index contributed by atoms with van der Waals surface area (Å²) in [4.78, 5) is 26.9. The van der Waals surface area contributed by atoms with E-state index < -0.39 is 6.04 Å². The number of aromatic nitrogens is 2. The molecule has 1 atom stereocenters. The number of nitrogens with one attached hydrogen (secondary N) is 2. The summed E-state index contributed by atoms with van der Waals surface area (Å²) in [5.74, 6) is 0.652. The third kappa shape index (κ3) is 4.07. The van der Waals surface area contributed by atoms with Crippen LogP contribution in [0.2, 0.25) is 0 Å². The molecule has 25 heavy (non-hydrogen) atoms. The van der Waals surface area contributed by atoms with Crippen molar-refractivity contribution >= 4 is 17.6 Å². The number of H-pyrrole nitrogens is 1. The molecule has 3 rings (SSSR count). The lowest BCUT2D eigenvalue weighted by Crippen LogP contribution is -2.43. The molecule has 6 nitrogen and oxygen atoms in total. The molecular weight excluding hydrogens is 316 g/mol. The first kappa shape index (κ1) is 17.2. The highest BCUT2D eigenvalue weighted by atomic mass is 16.2. The number of amides is 2. The molecule has 2 amide bonds. The first-order valence-electron chi connectivity index (χ1n) is 8.74. The Hall–Kier alpha value is -2.63. The zero-order valence-electron chi connectivity index (χ0n) is 14.7. The maximum absolute atomic E-state index is 12.6. The SMILES string of the molecule is CC(C)c1cc(NC(=O)C2CCCN2C(=O)Cc2ccccc2)n[nH]1. The third-order valence-electron chi connectivity index (χ3n) is 4.54. The molecule has 1 unspecified atom stereocenters. The van der Waals surface area contributed by atoms with E-state index in [1.54, 1.807) is 4.90 Å². The van der Waals surface area contributed by atoms with Crippen LogP contribution in [0.4, 0.5) is 5.82 Å². The lowest BCUT2D eigenvalue weighted by Gasteiger charge is -2.23. The number of hydrogen-bond acceptors (Lipinski definition) is 3. The molecule has 1 aromatic heterocycles. The molecule has 132 valence electrons. The van der Waals surface area contributed by atoms with Crippen molar-refractivity contribution in [3.63, 3.8) is 0 Å². The van der Waals surface area contributed by atoms with Crippen LogP contribution in [0.15, 0.2) is 36.4 Å². The minimum Gasteiger partial charge on any atom is -0.330 e. The van der Waals surface area contributed by atoms with Crippen LogP contribution in [0.25, 0.3) is 0 Å². The van der Waals surface area contributed by atoms with E-state index in [-0.39, 0.29) is 11.8 Å². The standard InChI is InChI=1S/C19H24N4O2/c1-13(2)15-12-17(22-21-15)20-19(25)16-9-6-10-23(16)18(24)11-14-7-4-3-5-8-14/h3-5,7-8,12-13,16H,6,9-11H2,1-2H3,(H2,20,21,22,25). The van der Waals surface area contributed by atoms with Gasteiger partial charge in [0.15, 0.2) is 5.82 Å². The predicted octanol–water partition coefficient (Wildman–Crippen LogP) is 2.71. The van der Waals surface area contributed by atoms with E-state index in [1.807, 2.05) is 36.4 Å². The van der Waals surface area contributed by atoms with Crippen molar-refractivity contribution in [3.8, 4) is 0 Å². The highest BCUT2D eigenvalue weighted by molar-refractivity contribution is 5.97. The highest BCUT2D eigenvalue weighted by Gasteiger charge is 2.34. The van der Waals surface area contributed by atoms with Gasteiger partial charge in [0.05, 0.1) is 6.42 Å². The molecule has 0 bridgehead atoms. The second kappa shape index (κ2) is 7.51. The molecule has 0 saturated carbocycles. The molecule has 0 spiro atoms. The smallest absolute Gasteiger partial charge is 0.248 e. The van der Waals surface area contributed by atoms with Crippen molar-refractivity contribution in [3.05, 3.63) is 47.7 Å². The second-order valence-corrected chi connectivity index (χ2v) is 6.76. The van der Waals surface area contributed by atoms with Crippen LogP contribution < -0.4 is 5.32 Å². The summed E-state index contributed by atoms with van der Waals surface area (Å²) in [5, 5.41) is 9.88. The van der Waals surface area contributed by atoms with Crippen LogP contribution in [0.5, 0.6) is 0 Å². The zero-order chi connectivity index (χ0) is 17.8. The van der Waals surface area contributed by atoms with Crippen LogP contribution in [-0.4, -0.2) is 39.5 Å². The van der Waals surface area contributed by atoms with Gasteiger partial charge in [-0.2, -0.15) is 5.10 Å². The van der Waals surface area contributed by atoms with Gasteiger partial charge in [-0.1, -0.05) is 44.2 Å². The molecule has 2 aromatic rings. The monoisotopic (exact) mass is 340 g/mol. The summed E-state index contributed by atoms with van der Waals surface area (Å²) in [5.41, 5.74) is 1.94. The van der Waals surface area contributed by atoms with E-state index >= 15 is 0 Å². The Balaban J connectivity index is 1.63. The van der Waals surface area contributed by atoms with E-state index in [2.05, 4.69) is 29.4 Å². The van der Waals surface area contributed by atoms with Crippen molar-refractivity contribution in [2.75, 3.05) is 11.9 Å². The number of likely N-dealkylation sites (tertiary alicyclic amines) is 1. The quantitative estimate of drug-likeness (QED) is 0.878. The Bertz CT molecular complexity index is 739.